The fourth-order valence-electron chi connectivity index (χ4n) is 3.87. The first-order valence-corrected chi connectivity index (χ1v) is 12.6. The summed E-state index contributed by atoms with van der Waals surface area (Å²) in [6.45, 7) is 1.26. The maximum atomic E-state index is 13.1. The summed E-state index contributed by atoms with van der Waals surface area (Å²) < 4.78 is 49.2. The predicted molar refractivity (Wildman–Crippen MR) is 120 cm³/mol. The number of hydrogen-bond acceptors (Lipinski definition) is 8. The van der Waals surface area contributed by atoms with E-state index >= 15 is 0 Å². The molecule has 2 aliphatic heterocycles. The Hall–Kier alpha value is -3.05. The Morgan fingerprint density at radius 3 is 2.56 bits per heavy atom. The van der Waals surface area contributed by atoms with E-state index in [0.29, 0.717) is 43.3 Å². The molecule has 2 aliphatic rings. The molecule has 1 aromatic heterocycles. The monoisotopic (exact) mass is 492 g/mol. The Labute approximate surface area is 198 Å². The van der Waals surface area contributed by atoms with Crippen molar-refractivity contribution in [3.05, 3.63) is 42.4 Å². The molecule has 34 heavy (non-hydrogen) atoms. The van der Waals surface area contributed by atoms with Crippen molar-refractivity contribution in [1.82, 2.24) is 9.21 Å². The highest BCUT2D eigenvalue weighted by atomic mass is 32.2. The first kappa shape index (κ1) is 24.1. The number of piperidine rings is 1. The molecule has 1 aromatic carbocycles. The zero-order chi connectivity index (χ0) is 24.1. The van der Waals surface area contributed by atoms with Gasteiger partial charge in [-0.05, 0) is 37.1 Å². The number of hydrogen-bond donors (Lipinski definition) is 0. The number of rotatable bonds is 7. The van der Waals surface area contributed by atoms with E-state index in [0.717, 1.165) is 6.42 Å². The Morgan fingerprint density at radius 2 is 1.85 bits per heavy atom. The summed E-state index contributed by atoms with van der Waals surface area (Å²) in [5, 5.41) is 0. The molecular formula is C23H28N2O8S. The Bertz CT molecular complexity index is 1110. The number of carbonyl (C=O) groups is 2. The van der Waals surface area contributed by atoms with Crippen LogP contribution < -0.4 is 9.47 Å². The second kappa shape index (κ2) is 10.5. The van der Waals surface area contributed by atoms with Crippen molar-refractivity contribution in [3.8, 4) is 11.5 Å². The highest BCUT2D eigenvalue weighted by Gasteiger charge is 2.33. The van der Waals surface area contributed by atoms with Crippen LogP contribution in [0.5, 0.6) is 11.5 Å². The summed E-state index contributed by atoms with van der Waals surface area (Å²) in [5.74, 6) is 0.273. The van der Waals surface area contributed by atoms with Crippen molar-refractivity contribution < 1.29 is 36.6 Å². The van der Waals surface area contributed by atoms with E-state index in [4.69, 9.17) is 18.6 Å². The van der Waals surface area contributed by atoms with Gasteiger partial charge in [0, 0.05) is 32.6 Å². The number of fused-ring (bicyclic) bond motifs is 1. The molecule has 1 saturated heterocycles. The second-order valence-electron chi connectivity index (χ2n) is 8.27. The fourth-order valence-corrected chi connectivity index (χ4v) is 5.36. The van der Waals surface area contributed by atoms with E-state index in [-0.39, 0.29) is 37.0 Å². The first-order valence-electron chi connectivity index (χ1n) is 11.2. The lowest BCUT2D eigenvalue weighted by Gasteiger charge is -2.30. The molecule has 10 nitrogen and oxygen atoms in total. The number of carbonyl (C=O) groups excluding carboxylic acids is 2. The third-order valence-electron chi connectivity index (χ3n) is 5.88. The SMILES string of the molecule is CN(Cc1ccco1)C(=O)COC(=O)C1CCN(S(=O)(=O)c2ccc3c(c2)OCCCO3)CC1. The highest BCUT2D eigenvalue weighted by molar-refractivity contribution is 7.89. The van der Waals surface area contributed by atoms with E-state index in [1.807, 2.05) is 0 Å². The van der Waals surface area contributed by atoms with Gasteiger partial charge in [0.25, 0.3) is 5.91 Å². The number of likely N-dealkylation sites (N-methyl/N-ethyl adjacent to an activating group) is 1. The molecule has 0 atom stereocenters. The van der Waals surface area contributed by atoms with Crippen LogP contribution >= 0.6 is 0 Å². The smallest absolute Gasteiger partial charge is 0.309 e. The molecule has 3 heterocycles. The van der Waals surface area contributed by atoms with Gasteiger partial charge in [-0.15, -0.1) is 0 Å². The number of sulfonamides is 1. The average Bonchev–Trinajstić information content (AvgIpc) is 3.24. The molecule has 0 bridgehead atoms. The van der Waals surface area contributed by atoms with Crippen molar-refractivity contribution in [3.63, 3.8) is 0 Å². The number of esters is 1. The first-order chi connectivity index (χ1) is 16.3. The van der Waals surface area contributed by atoms with E-state index in [1.165, 1.54) is 27.6 Å². The molecular weight excluding hydrogens is 464 g/mol. The predicted octanol–water partition coefficient (Wildman–Crippen LogP) is 2.04. The summed E-state index contributed by atoms with van der Waals surface area (Å²) in [7, 11) is -2.14. The second-order valence-corrected chi connectivity index (χ2v) is 10.2. The third kappa shape index (κ3) is 5.53. The van der Waals surface area contributed by atoms with Crippen molar-refractivity contribution in [2.75, 3.05) is 40.0 Å². The van der Waals surface area contributed by atoms with E-state index < -0.39 is 21.9 Å². The molecule has 1 amide bonds. The van der Waals surface area contributed by atoms with Crippen molar-refractivity contribution in [2.24, 2.45) is 5.92 Å². The van der Waals surface area contributed by atoms with Gasteiger partial charge in [-0.1, -0.05) is 0 Å². The van der Waals surface area contributed by atoms with Crippen LogP contribution in [0.25, 0.3) is 0 Å². The maximum Gasteiger partial charge on any atom is 0.309 e. The third-order valence-corrected chi connectivity index (χ3v) is 7.78. The van der Waals surface area contributed by atoms with Gasteiger partial charge in [-0.3, -0.25) is 9.59 Å². The number of amides is 1. The van der Waals surface area contributed by atoms with Gasteiger partial charge in [-0.2, -0.15) is 4.31 Å². The summed E-state index contributed by atoms with van der Waals surface area (Å²) >= 11 is 0. The number of ether oxygens (including phenoxy) is 3. The summed E-state index contributed by atoms with van der Waals surface area (Å²) in [6.07, 6.45) is 2.89. The maximum absolute atomic E-state index is 13.1. The zero-order valence-electron chi connectivity index (χ0n) is 19.0. The van der Waals surface area contributed by atoms with Gasteiger partial charge in [0.05, 0.1) is 36.8 Å². The van der Waals surface area contributed by atoms with Gasteiger partial charge in [-0.25, -0.2) is 8.42 Å². The van der Waals surface area contributed by atoms with Crippen LogP contribution in [0.1, 0.15) is 25.0 Å². The fraction of sp³-hybridized carbons (Fsp3) is 0.478. The van der Waals surface area contributed by atoms with Crippen molar-refractivity contribution in [1.29, 1.82) is 0 Å². The molecule has 4 rings (SSSR count). The summed E-state index contributed by atoms with van der Waals surface area (Å²) in [4.78, 5) is 26.2. The van der Waals surface area contributed by atoms with Crippen LogP contribution in [0.15, 0.2) is 45.9 Å². The topological polar surface area (TPSA) is 116 Å². The number of benzene rings is 1. The lowest BCUT2D eigenvalue weighted by atomic mass is 9.98. The van der Waals surface area contributed by atoms with Crippen LogP contribution in [0.3, 0.4) is 0 Å². The lowest BCUT2D eigenvalue weighted by molar-refractivity contribution is -0.156. The van der Waals surface area contributed by atoms with E-state index in [1.54, 1.807) is 25.2 Å². The molecule has 184 valence electrons. The molecule has 11 heteroatoms. The molecule has 0 spiro atoms. The van der Waals surface area contributed by atoms with E-state index in [2.05, 4.69) is 0 Å². The highest BCUT2D eigenvalue weighted by Crippen LogP contribution is 2.33. The molecule has 0 unspecified atom stereocenters. The minimum absolute atomic E-state index is 0.128. The van der Waals surface area contributed by atoms with Crippen LogP contribution in [-0.4, -0.2) is 69.5 Å². The summed E-state index contributed by atoms with van der Waals surface area (Å²) in [5.41, 5.74) is 0. The molecule has 2 aromatic rings. The largest absolute Gasteiger partial charge is 0.490 e. The normalized spacial score (nSPS) is 17.1. The Morgan fingerprint density at radius 1 is 1.12 bits per heavy atom. The van der Waals surface area contributed by atoms with Crippen LogP contribution in [0, 0.1) is 5.92 Å². The molecule has 0 N–H and O–H groups in total. The quantitative estimate of drug-likeness (QED) is 0.540. The average molecular weight is 493 g/mol. The zero-order valence-corrected chi connectivity index (χ0v) is 19.8. The van der Waals surface area contributed by atoms with Gasteiger partial charge in [0.15, 0.2) is 18.1 Å². The molecule has 0 radical (unpaired) electrons. The standard InChI is InChI=1S/C23H28N2O8S/c1-24(15-18-4-2-11-30-18)22(26)16-33-23(27)17-7-9-25(10-8-17)34(28,29)19-5-6-20-21(14-19)32-13-3-12-31-20/h2,4-6,11,14,17H,3,7-10,12-13,15-16H2,1H3. The lowest BCUT2D eigenvalue weighted by Crippen LogP contribution is -2.41. The van der Waals surface area contributed by atoms with Gasteiger partial charge in [0.1, 0.15) is 5.76 Å². The Balaban J connectivity index is 1.28. The van der Waals surface area contributed by atoms with Crippen molar-refractivity contribution >= 4 is 21.9 Å². The molecule has 0 saturated carbocycles. The van der Waals surface area contributed by atoms with Gasteiger partial charge in [0.2, 0.25) is 10.0 Å². The van der Waals surface area contributed by atoms with E-state index in [9.17, 15) is 18.0 Å². The minimum Gasteiger partial charge on any atom is -0.490 e. The molecule has 0 aliphatic carbocycles. The van der Waals surface area contributed by atoms with Gasteiger partial charge < -0.3 is 23.5 Å². The minimum atomic E-state index is -3.74. The van der Waals surface area contributed by atoms with Crippen molar-refractivity contribution in [2.45, 2.75) is 30.7 Å². The van der Waals surface area contributed by atoms with Crippen LogP contribution in [0.4, 0.5) is 0 Å². The van der Waals surface area contributed by atoms with Crippen LogP contribution in [-0.2, 0) is 30.9 Å². The van der Waals surface area contributed by atoms with Crippen LogP contribution in [0.2, 0.25) is 0 Å². The number of nitrogens with zero attached hydrogens (tertiary/aromatic N) is 2. The number of furan rings is 1. The summed E-state index contributed by atoms with van der Waals surface area (Å²) in [6, 6.07) is 8.09. The van der Waals surface area contributed by atoms with Gasteiger partial charge >= 0.3 is 5.97 Å². The molecule has 1 fully saturated rings. The Kier molecular flexibility index (Phi) is 7.42.